The summed E-state index contributed by atoms with van der Waals surface area (Å²) >= 11 is 3.36. The third-order valence-electron chi connectivity index (χ3n) is 3.44. The van der Waals surface area contributed by atoms with Crippen LogP contribution < -0.4 is 4.90 Å². The van der Waals surface area contributed by atoms with Gasteiger partial charge < -0.3 is 23.5 Å². The molecule has 1 saturated heterocycles. The minimum Gasteiger partial charge on any atom is -0.458 e. The number of anilines is 1. The molecule has 0 unspecified atom stereocenters. The number of piperazine rings is 1. The Balaban J connectivity index is 1.60. The van der Waals surface area contributed by atoms with Crippen LogP contribution >= 0.6 is 15.9 Å². The third-order valence-corrected chi connectivity index (χ3v) is 4.07. The molecule has 8 nitrogen and oxygen atoms in total. The van der Waals surface area contributed by atoms with Crippen molar-refractivity contribution in [2.75, 3.05) is 31.1 Å². The van der Waals surface area contributed by atoms with E-state index in [4.69, 9.17) is 13.7 Å². The van der Waals surface area contributed by atoms with Gasteiger partial charge in [-0.3, -0.25) is 0 Å². The second-order valence-corrected chi connectivity index (χ2v) is 7.31. The molecule has 1 fully saturated rings. The standard InChI is InChI=1S/C15H19BrN4O4/c1-15(2,3)23-14(21)20-7-5-19(6-8-20)13-17-12(24-18-13)11-10(16)4-9-22-11/h4,9H,5-8H2,1-3H3. The Morgan fingerprint density at radius 3 is 2.58 bits per heavy atom. The van der Waals surface area contributed by atoms with Gasteiger partial charge >= 0.3 is 6.09 Å². The van der Waals surface area contributed by atoms with E-state index in [2.05, 4.69) is 26.1 Å². The number of carbonyl (C=O) groups excluding carboxylic acids is 1. The summed E-state index contributed by atoms with van der Waals surface area (Å²) in [6, 6.07) is 1.76. The molecule has 0 bridgehead atoms. The number of ether oxygens (including phenoxy) is 1. The van der Waals surface area contributed by atoms with Gasteiger partial charge in [0, 0.05) is 26.2 Å². The lowest BCUT2D eigenvalue weighted by Gasteiger charge is -2.34. The number of hydrogen-bond acceptors (Lipinski definition) is 7. The van der Waals surface area contributed by atoms with E-state index < -0.39 is 5.60 Å². The Labute approximate surface area is 147 Å². The lowest BCUT2D eigenvalue weighted by Crippen LogP contribution is -2.50. The summed E-state index contributed by atoms with van der Waals surface area (Å²) in [5.41, 5.74) is -0.493. The van der Waals surface area contributed by atoms with Gasteiger partial charge in [-0.25, -0.2) is 4.79 Å². The summed E-state index contributed by atoms with van der Waals surface area (Å²) in [5.74, 6) is 1.30. The lowest BCUT2D eigenvalue weighted by atomic mass is 10.2. The van der Waals surface area contributed by atoms with Gasteiger partial charge in [0.15, 0.2) is 0 Å². The van der Waals surface area contributed by atoms with Gasteiger partial charge in [0.2, 0.25) is 5.76 Å². The van der Waals surface area contributed by atoms with E-state index in [0.29, 0.717) is 43.8 Å². The molecule has 0 atom stereocenters. The highest BCUT2D eigenvalue weighted by Gasteiger charge is 2.28. The number of rotatable bonds is 2. The Morgan fingerprint density at radius 1 is 1.29 bits per heavy atom. The SMILES string of the molecule is CC(C)(C)OC(=O)N1CCN(c2noc(-c3occc3Br)n2)CC1. The van der Waals surface area contributed by atoms with Crippen LogP contribution in [0.1, 0.15) is 20.8 Å². The van der Waals surface area contributed by atoms with E-state index in [0.717, 1.165) is 4.47 Å². The minimum atomic E-state index is -0.493. The molecule has 0 radical (unpaired) electrons. The Bertz CT molecular complexity index is 713. The molecule has 9 heteroatoms. The molecular weight excluding hydrogens is 380 g/mol. The van der Waals surface area contributed by atoms with Crippen molar-refractivity contribution < 1.29 is 18.5 Å². The Morgan fingerprint density at radius 2 is 2.00 bits per heavy atom. The van der Waals surface area contributed by atoms with Gasteiger partial charge in [0.05, 0.1) is 10.7 Å². The molecule has 0 aromatic carbocycles. The molecule has 2 aromatic rings. The van der Waals surface area contributed by atoms with Crippen LogP contribution in [-0.4, -0.2) is 52.9 Å². The summed E-state index contributed by atoms with van der Waals surface area (Å²) in [5, 5.41) is 3.99. The molecule has 0 saturated carbocycles. The van der Waals surface area contributed by atoms with Crippen molar-refractivity contribution in [1.82, 2.24) is 15.0 Å². The van der Waals surface area contributed by atoms with Crippen molar-refractivity contribution in [3.8, 4) is 11.7 Å². The second kappa shape index (κ2) is 6.46. The summed E-state index contributed by atoms with van der Waals surface area (Å²) < 4.78 is 16.7. The molecule has 1 amide bonds. The number of furan rings is 1. The van der Waals surface area contributed by atoms with E-state index >= 15 is 0 Å². The van der Waals surface area contributed by atoms with Crippen molar-refractivity contribution >= 4 is 28.0 Å². The number of halogens is 1. The number of amides is 1. The average molecular weight is 399 g/mol. The van der Waals surface area contributed by atoms with Crippen LogP contribution in [0.3, 0.4) is 0 Å². The summed E-state index contributed by atoms with van der Waals surface area (Å²) in [6.45, 7) is 7.87. The fourth-order valence-corrected chi connectivity index (χ4v) is 2.67. The zero-order valence-electron chi connectivity index (χ0n) is 13.8. The van der Waals surface area contributed by atoms with E-state index in [1.807, 2.05) is 25.7 Å². The van der Waals surface area contributed by atoms with Gasteiger partial charge in [-0.15, -0.1) is 0 Å². The topological polar surface area (TPSA) is 84.8 Å². The van der Waals surface area contributed by atoms with Crippen molar-refractivity contribution in [2.45, 2.75) is 26.4 Å². The average Bonchev–Trinajstić information content (AvgIpc) is 3.14. The van der Waals surface area contributed by atoms with E-state index in [1.54, 1.807) is 17.2 Å². The third kappa shape index (κ3) is 3.72. The number of hydrogen-bond donors (Lipinski definition) is 0. The first kappa shape index (κ1) is 16.8. The molecule has 1 aliphatic rings. The number of carbonyl (C=O) groups is 1. The molecule has 2 aromatic heterocycles. The van der Waals surface area contributed by atoms with Gasteiger partial charge in [-0.2, -0.15) is 4.98 Å². The molecule has 0 spiro atoms. The molecule has 0 aliphatic carbocycles. The van der Waals surface area contributed by atoms with Crippen LogP contribution in [0.25, 0.3) is 11.7 Å². The summed E-state index contributed by atoms with van der Waals surface area (Å²) in [6.07, 6.45) is 1.25. The Hall–Kier alpha value is -2.03. The van der Waals surface area contributed by atoms with Crippen LogP contribution in [0.15, 0.2) is 25.7 Å². The number of aromatic nitrogens is 2. The highest BCUT2D eigenvalue weighted by atomic mass is 79.9. The monoisotopic (exact) mass is 398 g/mol. The summed E-state index contributed by atoms with van der Waals surface area (Å²) in [7, 11) is 0. The highest BCUT2D eigenvalue weighted by molar-refractivity contribution is 9.10. The zero-order chi connectivity index (χ0) is 17.3. The normalized spacial score (nSPS) is 15.7. The molecule has 3 heterocycles. The first-order chi connectivity index (χ1) is 11.3. The molecule has 3 rings (SSSR count). The molecule has 130 valence electrons. The van der Waals surface area contributed by atoms with Crippen molar-refractivity contribution in [3.63, 3.8) is 0 Å². The van der Waals surface area contributed by atoms with Crippen molar-refractivity contribution in [3.05, 3.63) is 16.8 Å². The van der Waals surface area contributed by atoms with Gasteiger partial charge in [0.25, 0.3) is 11.8 Å². The van der Waals surface area contributed by atoms with E-state index in [9.17, 15) is 4.79 Å². The van der Waals surface area contributed by atoms with Crippen LogP contribution in [0.5, 0.6) is 0 Å². The predicted octanol–water partition coefficient (Wildman–Crippen LogP) is 3.15. The van der Waals surface area contributed by atoms with Gasteiger partial charge in [-0.05, 0) is 47.9 Å². The first-order valence-electron chi connectivity index (χ1n) is 7.63. The Kier molecular flexibility index (Phi) is 4.53. The van der Waals surface area contributed by atoms with Crippen LogP contribution in [0, 0.1) is 0 Å². The molecule has 1 aliphatic heterocycles. The van der Waals surface area contributed by atoms with E-state index in [1.165, 1.54) is 0 Å². The smallest absolute Gasteiger partial charge is 0.410 e. The fourth-order valence-electron chi connectivity index (χ4n) is 2.30. The number of nitrogens with zero attached hydrogens (tertiary/aromatic N) is 4. The zero-order valence-corrected chi connectivity index (χ0v) is 15.4. The minimum absolute atomic E-state index is 0.296. The highest BCUT2D eigenvalue weighted by Crippen LogP contribution is 2.29. The molecule has 24 heavy (non-hydrogen) atoms. The van der Waals surface area contributed by atoms with Gasteiger partial charge in [0.1, 0.15) is 5.60 Å². The van der Waals surface area contributed by atoms with E-state index in [-0.39, 0.29) is 6.09 Å². The largest absolute Gasteiger partial charge is 0.458 e. The predicted molar refractivity (Wildman–Crippen MR) is 89.7 cm³/mol. The maximum absolute atomic E-state index is 12.1. The van der Waals surface area contributed by atoms with Crippen molar-refractivity contribution in [1.29, 1.82) is 0 Å². The van der Waals surface area contributed by atoms with Crippen LogP contribution in [-0.2, 0) is 4.74 Å². The lowest BCUT2D eigenvalue weighted by molar-refractivity contribution is 0.0240. The molecule has 0 N–H and O–H groups in total. The summed E-state index contributed by atoms with van der Waals surface area (Å²) in [4.78, 5) is 20.1. The first-order valence-corrected chi connectivity index (χ1v) is 8.43. The second-order valence-electron chi connectivity index (χ2n) is 6.45. The van der Waals surface area contributed by atoms with Crippen LogP contribution in [0.4, 0.5) is 10.7 Å². The quantitative estimate of drug-likeness (QED) is 0.767. The van der Waals surface area contributed by atoms with Crippen LogP contribution in [0.2, 0.25) is 0 Å². The maximum Gasteiger partial charge on any atom is 0.410 e. The maximum atomic E-state index is 12.1. The fraction of sp³-hybridized carbons (Fsp3) is 0.533. The van der Waals surface area contributed by atoms with Gasteiger partial charge in [-0.1, -0.05) is 0 Å². The van der Waals surface area contributed by atoms with Crippen molar-refractivity contribution in [2.24, 2.45) is 0 Å². The molecular formula is C15H19BrN4O4.